The highest BCUT2D eigenvalue weighted by molar-refractivity contribution is 5.98. The van der Waals surface area contributed by atoms with Crippen LogP contribution in [0.4, 0.5) is 11.4 Å². The smallest absolute Gasteiger partial charge is 0.340 e. The lowest BCUT2D eigenvalue weighted by molar-refractivity contribution is -0.126. The van der Waals surface area contributed by atoms with E-state index in [2.05, 4.69) is 16.0 Å². The molecule has 0 bridgehead atoms. The average Bonchev–Trinajstić information content (AvgIpc) is 2.70. The molecule has 142 valence electrons. The van der Waals surface area contributed by atoms with Crippen LogP contribution in [0, 0.1) is 0 Å². The molecule has 0 saturated carbocycles. The number of ether oxygens (including phenoxy) is 1. The molecule has 2 aromatic carbocycles. The lowest BCUT2D eigenvalue weighted by atomic mass is 10.1. The Bertz CT molecular complexity index is 820. The molecule has 0 aliphatic heterocycles. The highest BCUT2D eigenvalue weighted by atomic mass is 16.5. The Morgan fingerprint density at radius 2 is 1.59 bits per heavy atom. The van der Waals surface area contributed by atoms with Crippen molar-refractivity contribution in [2.24, 2.45) is 0 Å². The fourth-order valence-corrected chi connectivity index (χ4v) is 2.46. The summed E-state index contributed by atoms with van der Waals surface area (Å²) in [6.45, 7) is 1.32. The summed E-state index contributed by atoms with van der Waals surface area (Å²) in [6.07, 6.45) is 0.785. The van der Waals surface area contributed by atoms with Gasteiger partial charge in [0.05, 0.1) is 12.1 Å². The molecule has 0 spiro atoms. The van der Waals surface area contributed by atoms with Gasteiger partial charge < -0.3 is 20.7 Å². The van der Waals surface area contributed by atoms with Crippen molar-refractivity contribution >= 4 is 29.2 Å². The van der Waals surface area contributed by atoms with Crippen LogP contribution in [0.5, 0.6) is 0 Å². The Hall–Kier alpha value is -3.35. The number of rotatable bonds is 8. The third-order valence-electron chi connectivity index (χ3n) is 3.87. The molecule has 0 unspecified atom stereocenters. The summed E-state index contributed by atoms with van der Waals surface area (Å²) in [5, 5.41) is 8.07. The fraction of sp³-hybridized carbons (Fsp3) is 0.250. The maximum Gasteiger partial charge on any atom is 0.340 e. The number of benzene rings is 2. The van der Waals surface area contributed by atoms with Crippen molar-refractivity contribution in [3.8, 4) is 0 Å². The van der Waals surface area contributed by atoms with Crippen molar-refractivity contribution < 1.29 is 19.1 Å². The molecular weight excluding hydrogens is 346 g/mol. The third-order valence-corrected chi connectivity index (χ3v) is 3.87. The van der Waals surface area contributed by atoms with Crippen LogP contribution in [0.15, 0.2) is 48.5 Å². The molecule has 0 radical (unpaired) electrons. The Labute approximate surface area is 158 Å². The van der Waals surface area contributed by atoms with Gasteiger partial charge in [-0.3, -0.25) is 9.59 Å². The van der Waals surface area contributed by atoms with E-state index in [1.165, 1.54) is 0 Å². The first-order valence-electron chi connectivity index (χ1n) is 8.63. The molecule has 3 N–H and O–H groups in total. The molecule has 7 heteroatoms. The van der Waals surface area contributed by atoms with Crippen LogP contribution in [0.25, 0.3) is 0 Å². The van der Waals surface area contributed by atoms with Gasteiger partial charge in [0.15, 0.2) is 6.61 Å². The van der Waals surface area contributed by atoms with E-state index in [1.54, 1.807) is 37.4 Å². The van der Waals surface area contributed by atoms with Gasteiger partial charge in [0.25, 0.3) is 5.91 Å². The lowest BCUT2D eigenvalue weighted by Crippen LogP contribution is -2.35. The van der Waals surface area contributed by atoms with Crippen molar-refractivity contribution in [1.29, 1.82) is 0 Å². The molecule has 2 rings (SSSR count). The van der Waals surface area contributed by atoms with Gasteiger partial charge in [-0.15, -0.1) is 0 Å². The molecule has 0 aliphatic carbocycles. The molecule has 7 nitrogen and oxygen atoms in total. The molecule has 0 fully saturated rings. The minimum Gasteiger partial charge on any atom is -0.452 e. The summed E-state index contributed by atoms with van der Waals surface area (Å²) in [5.41, 5.74) is 2.67. The largest absolute Gasteiger partial charge is 0.452 e. The minimum absolute atomic E-state index is 0.207. The van der Waals surface area contributed by atoms with E-state index in [-0.39, 0.29) is 12.5 Å². The average molecular weight is 369 g/mol. The van der Waals surface area contributed by atoms with Gasteiger partial charge in [0.2, 0.25) is 5.91 Å². The lowest BCUT2D eigenvalue weighted by Gasteiger charge is -2.11. The zero-order valence-electron chi connectivity index (χ0n) is 15.4. The van der Waals surface area contributed by atoms with E-state index in [9.17, 15) is 14.4 Å². The molecule has 0 aliphatic rings. The van der Waals surface area contributed by atoms with E-state index < -0.39 is 18.5 Å². The number of hydrogen-bond donors (Lipinski definition) is 3. The zero-order chi connectivity index (χ0) is 19.6. The van der Waals surface area contributed by atoms with E-state index in [1.807, 2.05) is 25.1 Å². The van der Waals surface area contributed by atoms with Crippen LogP contribution in [-0.2, 0) is 20.7 Å². The highest BCUT2D eigenvalue weighted by Crippen LogP contribution is 2.16. The van der Waals surface area contributed by atoms with Crippen molar-refractivity contribution in [2.45, 2.75) is 13.3 Å². The highest BCUT2D eigenvalue weighted by Gasteiger charge is 2.14. The van der Waals surface area contributed by atoms with Crippen LogP contribution in [0.3, 0.4) is 0 Å². The van der Waals surface area contributed by atoms with Crippen LogP contribution < -0.4 is 16.0 Å². The van der Waals surface area contributed by atoms with Crippen LogP contribution in [0.1, 0.15) is 22.8 Å². The minimum atomic E-state index is -0.614. The topological polar surface area (TPSA) is 96.5 Å². The summed E-state index contributed by atoms with van der Waals surface area (Å²) in [5.74, 6) is -1.52. The number of carbonyl (C=O) groups is 3. The van der Waals surface area contributed by atoms with Crippen molar-refractivity contribution in [3.05, 3.63) is 59.7 Å². The van der Waals surface area contributed by atoms with Gasteiger partial charge in [-0.05, 0) is 30.2 Å². The fourth-order valence-electron chi connectivity index (χ4n) is 2.46. The van der Waals surface area contributed by atoms with Gasteiger partial charge in [0.1, 0.15) is 0 Å². The van der Waals surface area contributed by atoms with Gasteiger partial charge >= 0.3 is 5.97 Å². The molecule has 27 heavy (non-hydrogen) atoms. The van der Waals surface area contributed by atoms with Crippen LogP contribution in [0.2, 0.25) is 0 Å². The second kappa shape index (κ2) is 9.96. The molecule has 0 aromatic heterocycles. The number of hydrogen-bond acceptors (Lipinski definition) is 5. The van der Waals surface area contributed by atoms with E-state index in [0.29, 0.717) is 16.9 Å². The van der Waals surface area contributed by atoms with Crippen molar-refractivity contribution in [2.75, 3.05) is 30.8 Å². The number of anilines is 2. The summed E-state index contributed by atoms with van der Waals surface area (Å²) in [4.78, 5) is 35.9. The summed E-state index contributed by atoms with van der Waals surface area (Å²) in [6, 6.07) is 14.3. The molecule has 0 heterocycles. The number of para-hydroxylation sites is 2. The molecular formula is C20H23N3O4. The summed E-state index contributed by atoms with van der Waals surface area (Å²) < 4.78 is 5.00. The number of amides is 2. The summed E-state index contributed by atoms with van der Waals surface area (Å²) in [7, 11) is 1.69. The molecule has 0 atom stereocenters. The Kier molecular flexibility index (Phi) is 7.37. The molecule has 0 saturated heterocycles. The van der Waals surface area contributed by atoms with E-state index in [0.717, 1.165) is 12.0 Å². The Morgan fingerprint density at radius 1 is 0.926 bits per heavy atom. The predicted octanol–water partition coefficient (Wildman–Crippen LogP) is 2.20. The number of nitrogens with one attached hydrogen (secondary N) is 3. The Balaban J connectivity index is 1.79. The Morgan fingerprint density at radius 3 is 2.30 bits per heavy atom. The van der Waals surface area contributed by atoms with Crippen molar-refractivity contribution in [1.82, 2.24) is 5.32 Å². The monoisotopic (exact) mass is 369 g/mol. The number of carbonyl (C=O) groups excluding carboxylic acids is 3. The first-order valence-corrected chi connectivity index (χ1v) is 8.63. The first-order chi connectivity index (χ1) is 13.0. The van der Waals surface area contributed by atoms with E-state index >= 15 is 0 Å². The second-order valence-corrected chi connectivity index (χ2v) is 5.71. The first kappa shape index (κ1) is 20.0. The maximum absolute atomic E-state index is 12.1. The molecule has 2 amide bonds. The van der Waals surface area contributed by atoms with Gasteiger partial charge in [-0.2, -0.15) is 0 Å². The van der Waals surface area contributed by atoms with Gasteiger partial charge in [0, 0.05) is 18.4 Å². The normalized spacial score (nSPS) is 10.0. The third kappa shape index (κ3) is 5.85. The number of aryl methyl sites for hydroxylation is 1. The van der Waals surface area contributed by atoms with E-state index in [4.69, 9.17) is 4.74 Å². The predicted molar refractivity (Wildman–Crippen MR) is 104 cm³/mol. The van der Waals surface area contributed by atoms with Gasteiger partial charge in [-0.25, -0.2) is 4.79 Å². The van der Waals surface area contributed by atoms with Crippen molar-refractivity contribution in [3.63, 3.8) is 0 Å². The second-order valence-electron chi connectivity index (χ2n) is 5.71. The zero-order valence-corrected chi connectivity index (χ0v) is 15.4. The molecule has 2 aromatic rings. The van der Waals surface area contributed by atoms with Gasteiger partial charge in [-0.1, -0.05) is 37.3 Å². The number of esters is 1. The maximum atomic E-state index is 12.1. The standard InChI is InChI=1S/C20H23N3O4/c1-3-14-8-4-6-10-16(14)23-18(24)12-22-19(25)13-27-20(26)15-9-5-7-11-17(15)21-2/h4-11,21H,3,12-13H2,1-2H3,(H,22,25)(H,23,24). The summed E-state index contributed by atoms with van der Waals surface area (Å²) >= 11 is 0. The van der Waals surface area contributed by atoms with Crippen LogP contribution in [-0.4, -0.2) is 38.0 Å². The van der Waals surface area contributed by atoms with Crippen LogP contribution >= 0.6 is 0 Å². The quantitative estimate of drug-likeness (QED) is 0.620. The SMILES string of the molecule is CCc1ccccc1NC(=O)CNC(=O)COC(=O)c1ccccc1NC.